The molecule has 0 saturated carbocycles. The van der Waals surface area contributed by atoms with E-state index in [4.69, 9.17) is 4.98 Å². The molecule has 3 aromatic rings. The van der Waals surface area contributed by atoms with Crippen LogP contribution in [0.25, 0.3) is 20.8 Å². The van der Waals surface area contributed by atoms with E-state index in [1.807, 2.05) is 35.4 Å². The molecule has 140 valence electrons. The monoisotopic (exact) mass is 399 g/mol. The number of aryl methyl sites for hydroxylation is 1. The van der Waals surface area contributed by atoms with Gasteiger partial charge in [-0.25, -0.2) is 4.98 Å². The van der Waals surface area contributed by atoms with Crippen molar-refractivity contribution in [2.24, 2.45) is 0 Å². The van der Waals surface area contributed by atoms with Crippen molar-refractivity contribution in [1.82, 2.24) is 9.88 Å². The van der Waals surface area contributed by atoms with E-state index in [9.17, 15) is 9.59 Å². The molecular formula is C20H21N3O2S2. The molecule has 4 rings (SSSR count). The first-order valence-electron chi connectivity index (χ1n) is 9.09. The van der Waals surface area contributed by atoms with Gasteiger partial charge in [-0.2, -0.15) is 0 Å². The first kappa shape index (κ1) is 18.1. The van der Waals surface area contributed by atoms with E-state index in [1.54, 1.807) is 11.3 Å². The van der Waals surface area contributed by atoms with Crippen molar-refractivity contribution >= 4 is 50.4 Å². The number of amides is 2. The lowest BCUT2D eigenvalue weighted by atomic mass is 10.1. The van der Waals surface area contributed by atoms with E-state index >= 15 is 0 Å². The summed E-state index contributed by atoms with van der Waals surface area (Å²) in [5, 5.41) is 5.80. The Balaban J connectivity index is 1.85. The van der Waals surface area contributed by atoms with E-state index in [0.717, 1.165) is 52.3 Å². The molecule has 0 spiro atoms. The highest BCUT2D eigenvalue weighted by atomic mass is 32.1. The van der Waals surface area contributed by atoms with Gasteiger partial charge in [0, 0.05) is 25.4 Å². The van der Waals surface area contributed by atoms with Gasteiger partial charge in [-0.05, 0) is 49.3 Å². The fraction of sp³-hybridized carbons (Fsp3) is 0.350. The summed E-state index contributed by atoms with van der Waals surface area (Å²) in [4.78, 5) is 34.2. The molecule has 0 atom stereocenters. The lowest BCUT2D eigenvalue weighted by molar-refractivity contribution is -0.114. The largest absolute Gasteiger partial charge is 0.338 e. The summed E-state index contributed by atoms with van der Waals surface area (Å²) < 4.78 is 0. The van der Waals surface area contributed by atoms with Crippen molar-refractivity contribution < 1.29 is 9.59 Å². The SMILES string of the molecule is CC(=O)Nc1c(C(=O)N2CCCCC2)sc2nc(-c3cccs3)cc(C)c12. The van der Waals surface area contributed by atoms with Gasteiger partial charge < -0.3 is 10.2 Å². The number of nitrogens with one attached hydrogen (secondary N) is 1. The van der Waals surface area contributed by atoms with Crippen LogP contribution in [0.2, 0.25) is 0 Å². The van der Waals surface area contributed by atoms with E-state index in [0.29, 0.717) is 10.6 Å². The molecule has 0 aromatic carbocycles. The number of likely N-dealkylation sites (tertiary alicyclic amines) is 1. The summed E-state index contributed by atoms with van der Waals surface area (Å²) in [6.07, 6.45) is 3.23. The lowest BCUT2D eigenvalue weighted by Crippen LogP contribution is -2.35. The van der Waals surface area contributed by atoms with Gasteiger partial charge in [-0.3, -0.25) is 9.59 Å². The summed E-state index contributed by atoms with van der Waals surface area (Å²) in [5.41, 5.74) is 2.53. The van der Waals surface area contributed by atoms with Gasteiger partial charge in [0.15, 0.2) is 0 Å². The Morgan fingerprint density at radius 2 is 2.00 bits per heavy atom. The standard InChI is InChI=1S/C20H21N3O2S2/c1-12-11-14(15-7-6-10-26-15)22-19-16(12)17(21-13(2)24)18(27-19)20(25)23-8-4-3-5-9-23/h6-7,10-11H,3-5,8-9H2,1-2H3,(H,21,24). The number of hydrogen-bond donors (Lipinski definition) is 1. The third-order valence-corrected chi connectivity index (χ3v) is 6.74. The highest BCUT2D eigenvalue weighted by Crippen LogP contribution is 2.40. The van der Waals surface area contributed by atoms with E-state index in [1.165, 1.54) is 24.7 Å². The van der Waals surface area contributed by atoms with Crippen LogP contribution in [0.5, 0.6) is 0 Å². The number of aromatic nitrogens is 1. The zero-order valence-corrected chi connectivity index (χ0v) is 17.0. The lowest BCUT2D eigenvalue weighted by Gasteiger charge is -2.26. The van der Waals surface area contributed by atoms with Crippen LogP contribution < -0.4 is 5.32 Å². The van der Waals surface area contributed by atoms with Crippen LogP contribution >= 0.6 is 22.7 Å². The van der Waals surface area contributed by atoms with Crippen molar-refractivity contribution in [3.63, 3.8) is 0 Å². The Hall–Kier alpha value is -2.25. The molecule has 7 heteroatoms. The molecule has 1 aliphatic heterocycles. The first-order valence-corrected chi connectivity index (χ1v) is 10.8. The van der Waals surface area contributed by atoms with Crippen LogP contribution in [0.3, 0.4) is 0 Å². The average molecular weight is 400 g/mol. The number of rotatable bonds is 3. The molecule has 0 unspecified atom stereocenters. The van der Waals surface area contributed by atoms with E-state index in [2.05, 4.69) is 5.32 Å². The van der Waals surface area contributed by atoms with Crippen LogP contribution in [0.15, 0.2) is 23.6 Å². The molecule has 5 nitrogen and oxygen atoms in total. The zero-order valence-electron chi connectivity index (χ0n) is 15.4. The molecule has 0 radical (unpaired) electrons. The molecule has 0 aliphatic carbocycles. The molecule has 1 saturated heterocycles. The topological polar surface area (TPSA) is 62.3 Å². The molecule has 1 N–H and O–H groups in total. The normalized spacial score (nSPS) is 14.5. The second-order valence-electron chi connectivity index (χ2n) is 6.82. The van der Waals surface area contributed by atoms with Gasteiger partial charge in [0.2, 0.25) is 5.91 Å². The molecule has 4 heterocycles. The third-order valence-electron chi connectivity index (χ3n) is 4.77. The maximum Gasteiger partial charge on any atom is 0.266 e. The Kier molecular flexibility index (Phi) is 4.97. The molecule has 27 heavy (non-hydrogen) atoms. The minimum atomic E-state index is -0.177. The quantitative estimate of drug-likeness (QED) is 0.680. The molecule has 1 aliphatic rings. The minimum Gasteiger partial charge on any atom is -0.338 e. The van der Waals surface area contributed by atoms with E-state index < -0.39 is 0 Å². The predicted octanol–water partition coefficient (Wildman–Crippen LogP) is 4.92. The first-order chi connectivity index (χ1) is 13.0. The summed E-state index contributed by atoms with van der Waals surface area (Å²) in [5.74, 6) is -0.178. The molecular weight excluding hydrogens is 378 g/mol. The van der Waals surface area contributed by atoms with Crippen LogP contribution in [0.4, 0.5) is 5.69 Å². The molecule has 0 bridgehead atoms. The maximum absolute atomic E-state index is 13.2. The van der Waals surface area contributed by atoms with Crippen molar-refractivity contribution in [3.05, 3.63) is 34.0 Å². The van der Waals surface area contributed by atoms with Crippen molar-refractivity contribution in [2.45, 2.75) is 33.1 Å². The Morgan fingerprint density at radius 1 is 1.22 bits per heavy atom. The number of anilines is 1. The number of carbonyl (C=O) groups is 2. The maximum atomic E-state index is 13.2. The second-order valence-corrected chi connectivity index (χ2v) is 8.77. The van der Waals surface area contributed by atoms with Crippen LogP contribution in [0, 0.1) is 6.92 Å². The molecule has 3 aromatic heterocycles. The number of carbonyl (C=O) groups excluding carboxylic acids is 2. The minimum absolute atomic E-state index is 0.00137. The molecule has 2 amide bonds. The van der Waals surface area contributed by atoms with E-state index in [-0.39, 0.29) is 11.8 Å². The fourth-order valence-corrected chi connectivity index (χ4v) is 5.38. The Labute approximate surface area is 166 Å². The van der Waals surface area contributed by atoms with Gasteiger partial charge in [-0.1, -0.05) is 6.07 Å². The highest BCUT2D eigenvalue weighted by Gasteiger charge is 2.26. The number of thiophene rings is 2. The number of nitrogens with zero attached hydrogens (tertiary/aromatic N) is 2. The third kappa shape index (κ3) is 3.49. The Morgan fingerprint density at radius 3 is 2.67 bits per heavy atom. The average Bonchev–Trinajstić information content (AvgIpc) is 3.30. The predicted molar refractivity (Wildman–Crippen MR) is 112 cm³/mol. The van der Waals surface area contributed by atoms with Crippen molar-refractivity contribution in [1.29, 1.82) is 0 Å². The smallest absolute Gasteiger partial charge is 0.266 e. The molecule has 1 fully saturated rings. The number of pyridine rings is 1. The summed E-state index contributed by atoms with van der Waals surface area (Å²) >= 11 is 3.02. The van der Waals surface area contributed by atoms with Crippen LogP contribution in [-0.2, 0) is 4.79 Å². The van der Waals surface area contributed by atoms with Gasteiger partial charge in [-0.15, -0.1) is 22.7 Å². The highest BCUT2D eigenvalue weighted by molar-refractivity contribution is 7.21. The second kappa shape index (κ2) is 7.40. The number of piperidine rings is 1. The van der Waals surface area contributed by atoms with Crippen molar-refractivity contribution in [3.8, 4) is 10.6 Å². The number of fused-ring (bicyclic) bond motifs is 1. The fourth-order valence-electron chi connectivity index (χ4n) is 3.52. The van der Waals surface area contributed by atoms with Gasteiger partial charge in [0.1, 0.15) is 9.71 Å². The zero-order chi connectivity index (χ0) is 19.0. The summed E-state index contributed by atoms with van der Waals surface area (Å²) in [6.45, 7) is 5.04. The summed E-state index contributed by atoms with van der Waals surface area (Å²) in [6, 6.07) is 6.07. The van der Waals surface area contributed by atoms with Crippen molar-refractivity contribution in [2.75, 3.05) is 18.4 Å². The van der Waals surface area contributed by atoms with Gasteiger partial charge in [0.05, 0.1) is 16.3 Å². The number of hydrogen-bond acceptors (Lipinski definition) is 5. The van der Waals surface area contributed by atoms with Crippen LogP contribution in [0.1, 0.15) is 41.4 Å². The Bertz CT molecular complexity index is 1000. The van der Waals surface area contributed by atoms with Gasteiger partial charge >= 0.3 is 0 Å². The van der Waals surface area contributed by atoms with Gasteiger partial charge in [0.25, 0.3) is 5.91 Å². The van der Waals surface area contributed by atoms with Crippen LogP contribution in [-0.4, -0.2) is 34.8 Å². The summed E-state index contributed by atoms with van der Waals surface area (Å²) in [7, 11) is 0.